The topological polar surface area (TPSA) is 75.9 Å². The molecular formula is C12H18AsN5O. The maximum atomic E-state index is 9.23. The molecule has 0 amide bonds. The van der Waals surface area contributed by atoms with E-state index in [1.54, 1.807) is 6.33 Å². The average molecular weight is 323 g/mol. The van der Waals surface area contributed by atoms with Crippen LogP contribution in [0.5, 0.6) is 0 Å². The summed E-state index contributed by atoms with van der Waals surface area (Å²) in [6.45, 7) is 6.25. The van der Waals surface area contributed by atoms with Crippen LogP contribution in [-0.4, -0.2) is 54.1 Å². The van der Waals surface area contributed by atoms with Crippen LogP contribution in [0.2, 0.25) is 0 Å². The summed E-state index contributed by atoms with van der Waals surface area (Å²) in [5.74, 6) is 0.534. The number of nitrogens with one attached hydrogen (secondary N) is 1. The van der Waals surface area contributed by atoms with Gasteiger partial charge in [-0.1, -0.05) is 0 Å². The van der Waals surface area contributed by atoms with Gasteiger partial charge < -0.3 is 0 Å². The molecule has 0 saturated carbocycles. The van der Waals surface area contributed by atoms with Crippen molar-refractivity contribution in [1.82, 2.24) is 19.5 Å². The first-order chi connectivity index (χ1) is 9.06. The van der Waals surface area contributed by atoms with Gasteiger partial charge >= 0.3 is 121 Å². The Morgan fingerprint density at radius 1 is 1.42 bits per heavy atom. The Balaban J connectivity index is 2.44. The summed E-state index contributed by atoms with van der Waals surface area (Å²) in [5.41, 5.74) is 1.62. The summed E-state index contributed by atoms with van der Waals surface area (Å²) in [7, 11) is 0. The Morgan fingerprint density at radius 3 is 2.74 bits per heavy atom. The summed E-state index contributed by atoms with van der Waals surface area (Å²) >= 11 is 2.42. The molecule has 1 atom stereocenters. The quantitative estimate of drug-likeness (QED) is 0.778. The Kier molecular flexibility index (Phi) is 4.42. The summed E-state index contributed by atoms with van der Waals surface area (Å²) < 4.78 is 2.80. The molecule has 0 saturated heterocycles. The second-order valence-corrected chi connectivity index (χ2v) is 5.61. The van der Waals surface area contributed by atoms with Gasteiger partial charge in [0.1, 0.15) is 0 Å². The minimum absolute atomic E-state index is 0.0280. The van der Waals surface area contributed by atoms with Crippen LogP contribution < -0.4 is 9.80 Å². The van der Waals surface area contributed by atoms with E-state index in [4.69, 9.17) is 0 Å². The van der Waals surface area contributed by atoms with E-state index in [0.29, 0.717) is 12.0 Å². The van der Waals surface area contributed by atoms with Crippen LogP contribution in [0.1, 0.15) is 33.2 Å². The fourth-order valence-electron chi connectivity index (χ4n) is 1.80. The van der Waals surface area contributed by atoms with E-state index >= 15 is 0 Å². The van der Waals surface area contributed by atoms with E-state index < -0.39 is 0 Å². The standard InChI is InChI=1S/C12H18AsN5O/c1-4-8(5-19)15-12-16-10(13)9-11(17-12)18(6-14-9)7(2)3/h6-8,19H,4-5H2,1-3H3,(H,15,16,17). The van der Waals surface area contributed by atoms with Crippen molar-refractivity contribution in [2.24, 2.45) is 0 Å². The summed E-state index contributed by atoms with van der Waals surface area (Å²) in [6, 6.07) is 0.263. The van der Waals surface area contributed by atoms with Gasteiger partial charge in [0.2, 0.25) is 0 Å². The SMILES string of the molecule is CCC(CO)Nc1nc([As])c2ncn(C(C)C)c2n1. The average Bonchev–Trinajstić information content (AvgIpc) is 2.80. The Labute approximate surface area is 121 Å². The van der Waals surface area contributed by atoms with Gasteiger partial charge in [-0.05, 0) is 0 Å². The van der Waals surface area contributed by atoms with Crippen molar-refractivity contribution in [2.75, 3.05) is 11.9 Å². The Hall–Kier alpha value is -1.13. The molecular weight excluding hydrogens is 305 g/mol. The molecule has 2 aromatic heterocycles. The fraction of sp³-hybridized carbons (Fsp3) is 0.583. The van der Waals surface area contributed by atoms with Crippen LogP contribution in [-0.2, 0) is 0 Å². The van der Waals surface area contributed by atoms with Gasteiger partial charge in [-0.15, -0.1) is 0 Å². The molecule has 0 aromatic carbocycles. The van der Waals surface area contributed by atoms with E-state index in [1.165, 1.54) is 0 Å². The zero-order chi connectivity index (χ0) is 14.0. The summed E-state index contributed by atoms with van der Waals surface area (Å²) in [5, 5.41) is 12.4. The molecule has 0 aliphatic rings. The first-order valence-electron chi connectivity index (χ1n) is 6.37. The molecule has 2 heterocycles. The van der Waals surface area contributed by atoms with E-state index in [1.807, 2.05) is 11.5 Å². The third-order valence-electron chi connectivity index (χ3n) is 3.01. The van der Waals surface area contributed by atoms with Crippen molar-refractivity contribution in [3.8, 4) is 0 Å². The van der Waals surface area contributed by atoms with Gasteiger partial charge in [-0.3, -0.25) is 0 Å². The third-order valence-corrected chi connectivity index (χ3v) is 3.66. The first kappa shape index (κ1) is 14.3. The molecule has 6 nitrogen and oxygen atoms in total. The molecule has 0 bridgehead atoms. The van der Waals surface area contributed by atoms with Crippen molar-refractivity contribution in [2.45, 2.75) is 39.3 Å². The van der Waals surface area contributed by atoms with Gasteiger partial charge in [0.25, 0.3) is 0 Å². The molecule has 0 aliphatic carbocycles. The number of hydrogen-bond acceptors (Lipinski definition) is 5. The van der Waals surface area contributed by atoms with Crippen LogP contribution >= 0.6 is 0 Å². The van der Waals surface area contributed by atoms with Gasteiger partial charge in [0.15, 0.2) is 0 Å². The van der Waals surface area contributed by atoms with E-state index in [0.717, 1.165) is 22.1 Å². The monoisotopic (exact) mass is 323 g/mol. The number of nitrogens with zero attached hydrogens (tertiary/aromatic N) is 4. The molecule has 2 N–H and O–H groups in total. The number of aliphatic hydroxyl groups excluding tert-OH is 1. The number of aromatic nitrogens is 4. The first-order valence-corrected chi connectivity index (χ1v) is 7.31. The van der Waals surface area contributed by atoms with Crippen LogP contribution in [0.25, 0.3) is 11.2 Å². The van der Waals surface area contributed by atoms with E-state index in [9.17, 15) is 5.11 Å². The van der Waals surface area contributed by atoms with Crippen LogP contribution in [0.15, 0.2) is 6.33 Å². The number of anilines is 1. The van der Waals surface area contributed by atoms with Crippen molar-refractivity contribution in [3.63, 3.8) is 0 Å². The molecule has 0 spiro atoms. The number of imidazole rings is 1. The molecule has 0 aliphatic heterocycles. The molecule has 102 valence electrons. The summed E-state index contributed by atoms with van der Waals surface area (Å²) in [6.07, 6.45) is 2.60. The zero-order valence-corrected chi connectivity index (χ0v) is 13.2. The Morgan fingerprint density at radius 2 is 2.16 bits per heavy atom. The van der Waals surface area contributed by atoms with Crippen molar-refractivity contribution < 1.29 is 5.11 Å². The third kappa shape index (κ3) is 2.90. The predicted octanol–water partition coefficient (Wildman–Crippen LogP) is 0.384. The maximum absolute atomic E-state index is 9.23. The minimum atomic E-state index is -0.0280. The molecule has 2 aromatic rings. The van der Waals surface area contributed by atoms with E-state index in [2.05, 4.69) is 51.0 Å². The van der Waals surface area contributed by atoms with Gasteiger partial charge in [-0.25, -0.2) is 0 Å². The van der Waals surface area contributed by atoms with Crippen LogP contribution in [0, 0.1) is 0 Å². The van der Waals surface area contributed by atoms with Crippen LogP contribution in [0.3, 0.4) is 0 Å². The van der Waals surface area contributed by atoms with Gasteiger partial charge in [-0.2, -0.15) is 0 Å². The van der Waals surface area contributed by atoms with Crippen molar-refractivity contribution >= 4 is 38.4 Å². The zero-order valence-electron chi connectivity index (χ0n) is 11.3. The van der Waals surface area contributed by atoms with Crippen molar-refractivity contribution in [3.05, 3.63) is 6.33 Å². The second kappa shape index (κ2) is 5.88. The number of aliphatic hydroxyl groups is 1. The number of fused-ring (bicyclic) bond motifs is 1. The molecule has 2 rings (SSSR count). The second-order valence-electron chi connectivity index (χ2n) is 4.72. The van der Waals surface area contributed by atoms with Crippen LogP contribution in [0.4, 0.5) is 5.95 Å². The molecule has 7 heteroatoms. The normalized spacial score (nSPS) is 13.2. The predicted molar refractivity (Wildman–Crippen MR) is 75.9 cm³/mol. The fourth-order valence-corrected chi connectivity index (χ4v) is 2.33. The molecule has 0 fully saturated rings. The molecule has 1 unspecified atom stereocenters. The van der Waals surface area contributed by atoms with Gasteiger partial charge in [0, 0.05) is 0 Å². The summed E-state index contributed by atoms with van der Waals surface area (Å²) in [4.78, 5) is 13.2. The Bertz CT molecular complexity index is 564. The number of rotatable bonds is 5. The number of hydrogen-bond donors (Lipinski definition) is 2. The molecule has 2 radical (unpaired) electrons. The molecule has 19 heavy (non-hydrogen) atoms. The van der Waals surface area contributed by atoms with Gasteiger partial charge in [0.05, 0.1) is 0 Å². The van der Waals surface area contributed by atoms with Crippen molar-refractivity contribution in [1.29, 1.82) is 0 Å². The van der Waals surface area contributed by atoms with E-state index in [-0.39, 0.29) is 12.6 Å².